The highest BCUT2D eigenvalue weighted by Gasteiger charge is 2.45. The molecular weight excluding hydrogens is 374 g/mol. The van der Waals surface area contributed by atoms with Gasteiger partial charge in [0, 0.05) is 43.2 Å². The van der Waals surface area contributed by atoms with Crippen LogP contribution in [0.15, 0.2) is 4.79 Å². The number of hydrogen-bond acceptors (Lipinski definition) is 5. The largest absolute Gasteiger partial charge is 0.340 e. The molecule has 2 saturated heterocycles. The predicted octanol–water partition coefficient (Wildman–Crippen LogP) is 0.534. The highest BCUT2D eigenvalue weighted by molar-refractivity contribution is 6.08. The monoisotopic (exact) mass is 401 g/mol. The molecule has 0 spiro atoms. The molecule has 0 radical (unpaired) electrons. The van der Waals surface area contributed by atoms with Gasteiger partial charge in [0.1, 0.15) is 17.9 Å². The van der Waals surface area contributed by atoms with Crippen molar-refractivity contribution in [3.63, 3.8) is 0 Å². The van der Waals surface area contributed by atoms with Crippen molar-refractivity contribution in [2.24, 2.45) is 0 Å². The Morgan fingerprint density at radius 3 is 2.66 bits per heavy atom. The van der Waals surface area contributed by atoms with Gasteiger partial charge in [0.15, 0.2) is 0 Å². The van der Waals surface area contributed by atoms with Gasteiger partial charge in [-0.05, 0) is 40.0 Å². The number of amides is 4. The van der Waals surface area contributed by atoms with Gasteiger partial charge in [-0.25, -0.2) is 4.79 Å². The Morgan fingerprint density at radius 2 is 1.97 bits per heavy atom. The molecule has 0 saturated carbocycles. The van der Waals surface area contributed by atoms with Crippen LogP contribution in [0.25, 0.3) is 0 Å². The molecule has 4 heterocycles. The molecule has 9 nitrogen and oxygen atoms in total. The third-order valence-electron chi connectivity index (χ3n) is 6.22. The van der Waals surface area contributed by atoms with Gasteiger partial charge in [-0.3, -0.25) is 19.3 Å². The lowest BCUT2D eigenvalue weighted by molar-refractivity contribution is -0.139. The van der Waals surface area contributed by atoms with Crippen molar-refractivity contribution in [1.29, 1.82) is 0 Å². The molecule has 0 aromatic carbocycles. The molecule has 156 valence electrons. The molecule has 0 aliphatic carbocycles. The second kappa shape index (κ2) is 6.96. The number of carbonyl (C=O) groups excluding carboxylic acids is 3. The molecule has 1 aromatic rings. The summed E-state index contributed by atoms with van der Waals surface area (Å²) >= 11 is 0. The predicted molar refractivity (Wildman–Crippen MR) is 104 cm³/mol. The van der Waals surface area contributed by atoms with Crippen LogP contribution in [0.3, 0.4) is 0 Å². The first kappa shape index (κ1) is 19.6. The normalized spacial score (nSPS) is 23.3. The van der Waals surface area contributed by atoms with Crippen molar-refractivity contribution in [3.8, 4) is 0 Å². The molecular formula is C20H27N5O4. The average Bonchev–Trinajstić information content (AvgIpc) is 3.20. The molecule has 4 rings (SSSR count). The third kappa shape index (κ3) is 3.32. The summed E-state index contributed by atoms with van der Waals surface area (Å²) in [7, 11) is 0. The zero-order valence-corrected chi connectivity index (χ0v) is 17.2. The van der Waals surface area contributed by atoms with Gasteiger partial charge >= 0.3 is 6.03 Å². The summed E-state index contributed by atoms with van der Waals surface area (Å²) in [5.74, 6) is 0.255. The van der Waals surface area contributed by atoms with E-state index in [1.54, 1.807) is 18.7 Å². The molecule has 9 heteroatoms. The van der Waals surface area contributed by atoms with E-state index < -0.39 is 17.5 Å². The summed E-state index contributed by atoms with van der Waals surface area (Å²) in [6.45, 7) is 6.72. The first-order chi connectivity index (χ1) is 13.7. The van der Waals surface area contributed by atoms with E-state index >= 15 is 0 Å². The lowest BCUT2D eigenvalue weighted by atomic mass is 9.91. The molecule has 0 unspecified atom stereocenters. The number of carbonyl (C=O) groups is 3. The summed E-state index contributed by atoms with van der Waals surface area (Å²) in [4.78, 5) is 56.6. The SMILES string of the molecule is Cc1c([C@H]2CCCN(C(=O)CN3C(=O)NC(C)(C)C3=O)C2)n2c(nc1=O)CCC2. The molecule has 2 fully saturated rings. The van der Waals surface area contributed by atoms with Gasteiger partial charge in [-0.15, -0.1) is 0 Å². The van der Waals surface area contributed by atoms with Crippen molar-refractivity contribution in [2.45, 2.75) is 64.5 Å². The number of urea groups is 1. The second-order valence-electron chi connectivity index (χ2n) is 8.72. The summed E-state index contributed by atoms with van der Waals surface area (Å²) in [5, 5.41) is 2.60. The van der Waals surface area contributed by atoms with Gasteiger partial charge in [0.2, 0.25) is 5.91 Å². The van der Waals surface area contributed by atoms with Crippen molar-refractivity contribution in [2.75, 3.05) is 19.6 Å². The summed E-state index contributed by atoms with van der Waals surface area (Å²) in [5.41, 5.74) is 0.479. The third-order valence-corrected chi connectivity index (χ3v) is 6.22. The minimum Gasteiger partial charge on any atom is -0.340 e. The molecule has 3 aliphatic rings. The van der Waals surface area contributed by atoms with E-state index in [2.05, 4.69) is 14.9 Å². The van der Waals surface area contributed by atoms with Gasteiger partial charge in [-0.2, -0.15) is 4.98 Å². The lowest BCUT2D eigenvalue weighted by Gasteiger charge is -2.35. The Hall–Kier alpha value is -2.71. The number of fused-ring (bicyclic) bond motifs is 1. The van der Waals surface area contributed by atoms with Crippen LogP contribution in [0, 0.1) is 6.92 Å². The molecule has 29 heavy (non-hydrogen) atoms. The van der Waals surface area contributed by atoms with Crippen LogP contribution in [0.1, 0.15) is 56.1 Å². The van der Waals surface area contributed by atoms with E-state index in [4.69, 9.17) is 0 Å². The number of aryl methyl sites for hydroxylation is 1. The number of nitrogens with zero attached hydrogens (tertiary/aromatic N) is 4. The first-order valence-corrected chi connectivity index (χ1v) is 10.2. The van der Waals surface area contributed by atoms with E-state index in [1.165, 1.54) is 0 Å². The molecule has 4 amide bonds. The Balaban J connectivity index is 1.53. The molecule has 1 atom stereocenters. The fraction of sp³-hybridized carbons (Fsp3) is 0.650. The Morgan fingerprint density at radius 1 is 1.21 bits per heavy atom. The van der Waals surface area contributed by atoms with Crippen molar-refractivity contribution >= 4 is 17.8 Å². The maximum absolute atomic E-state index is 12.9. The number of hydrogen-bond donors (Lipinski definition) is 1. The van der Waals surface area contributed by atoms with Crippen molar-refractivity contribution < 1.29 is 14.4 Å². The second-order valence-corrected chi connectivity index (χ2v) is 8.72. The summed E-state index contributed by atoms with van der Waals surface area (Å²) in [6, 6.07) is -0.531. The molecule has 3 aliphatic heterocycles. The van der Waals surface area contributed by atoms with Gasteiger partial charge in [-0.1, -0.05) is 0 Å². The standard InChI is InChI=1S/C20H27N5O4/c1-12-16(24-9-5-7-14(24)21-17(12)27)13-6-4-8-23(10-13)15(26)11-25-18(28)20(2,3)22-19(25)29/h13H,4-11H2,1-3H3,(H,22,29)/t13-/m0/s1. The fourth-order valence-corrected chi connectivity index (χ4v) is 4.70. The van der Waals surface area contributed by atoms with Gasteiger partial charge in [0.05, 0.1) is 0 Å². The van der Waals surface area contributed by atoms with Crippen LogP contribution in [0.4, 0.5) is 4.79 Å². The fourth-order valence-electron chi connectivity index (χ4n) is 4.70. The van der Waals surface area contributed by atoms with Crippen LogP contribution in [-0.2, 0) is 22.6 Å². The number of rotatable bonds is 3. The zero-order valence-electron chi connectivity index (χ0n) is 17.2. The van der Waals surface area contributed by atoms with E-state index in [9.17, 15) is 19.2 Å². The zero-order chi connectivity index (χ0) is 20.9. The number of nitrogens with one attached hydrogen (secondary N) is 1. The number of likely N-dealkylation sites (tertiary alicyclic amines) is 1. The number of imide groups is 1. The number of aromatic nitrogens is 2. The van der Waals surface area contributed by atoms with E-state index in [0.29, 0.717) is 18.7 Å². The van der Waals surface area contributed by atoms with Gasteiger partial charge < -0.3 is 14.8 Å². The number of piperidine rings is 1. The Bertz CT molecular complexity index is 951. The van der Waals surface area contributed by atoms with Crippen LogP contribution >= 0.6 is 0 Å². The minimum atomic E-state index is -0.988. The molecule has 0 bridgehead atoms. The van der Waals surface area contributed by atoms with Gasteiger partial charge in [0.25, 0.3) is 11.5 Å². The average molecular weight is 401 g/mol. The Labute approximate surface area is 169 Å². The van der Waals surface area contributed by atoms with Crippen LogP contribution in [-0.4, -0.2) is 62.4 Å². The summed E-state index contributed by atoms with van der Waals surface area (Å²) in [6.07, 6.45) is 3.48. The lowest BCUT2D eigenvalue weighted by Crippen LogP contribution is -2.47. The summed E-state index contributed by atoms with van der Waals surface area (Å²) < 4.78 is 2.15. The highest BCUT2D eigenvalue weighted by atomic mass is 16.2. The minimum absolute atomic E-state index is 0.0554. The molecule has 1 N–H and O–H groups in total. The quantitative estimate of drug-likeness (QED) is 0.744. The van der Waals surface area contributed by atoms with E-state index in [-0.39, 0.29) is 23.9 Å². The van der Waals surface area contributed by atoms with Crippen LogP contribution in [0.5, 0.6) is 0 Å². The van der Waals surface area contributed by atoms with Crippen LogP contribution in [0.2, 0.25) is 0 Å². The topological polar surface area (TPSA) is 105 Å². The van der Waals surface area contributed by atoms with Crippen LogP contribution < -0.4 is 10.9 Å². The smallest absolute Gasteiger partial charge is 0.325 e. The van der Waals surface area contributed by atoms with Crippen molar-refractivity contribution in [1.82, 2.24) is 24.7 Å². The highest BCUT2D eigenvalue weighted by Crippen LogP contribution is 2.31. The maximum Gasteiger partial charge on any atom is 0.325 e. The van der Waals surface area contributed by atoms with Crippen molar-refractivity contribution in [3.05, 3.63) is 27.4 Å². The van der Waals surface area contributed by atoms with E-state index in [0.717, 1.165) is 48.6 Å². The molecule has 1 aromatic heterocycles. The van der Waals surface area contributed by atoms with E-state index in [1.807, 2.05) is 6.92 Å². The first-order valence-electron chi connectivity index (χ1n) is 10.2. The maximum atomic E-state index is 12.9. The Kier molecular flexibility index (Phi) is 4.71.